The van der Waals surface area contributed by atoms with E-state index in [0.29, 0.717) is 12.5 Å². The number of carbonyl (C=O) groups is 1. The highest BCUT2D eigenvalue weighted by Crippen LogP contribution is 2.20. The molecule has 0 aliphatic carbocycles. The Morgan fingerprint density at radius 2 is 1.83 bits per heavy atom. The minimum atomic E-state index is -3.39. The Labute approximate surface area is 110 Å². The van der Waals surface area contributed by atoms with Gasteiger partial charge in [0.2, 0.25) is 5.91 Å². The van der Waals surface area contributed by atoms with Gasteiger partial charge in [-0.05, 0) is 45.7 Å². The lowest BCUT2D eigenvalue weighted by atomic mass is 9.97. The van der Waals surface area contributed by atoms with Gasteiger partial charge in [0.05, 0.1) is 0 Å². The zero-order valence-electron chi connectivity index (χ0n) is 11.7. The predicted octanol–water partition coefficient (Wildman–Crippen LogP) is 0.268. The van der Waals surface area contributed by atoms with E-state index in [4.69, 9.17) is 0 Å². The normalized spacial score (nSPS) is 18.7. The van der Waals surface area contributed by atoms with Crippen LogP contribution in [0.5, 0.6) is 0 Å². The summed E-state index contributed by atoms with van der Waals surface area (Å²) in [5, 5.41) is 3.27. The van der Waals surface area contributed by atoms with Crippen molar-refractivity contribution in [3.8, 4) is 0 Å². The number of hydrogen-bond acceptors (Lipinski definition) is 4. The molecule has 0 aromatic carbocycles. The second-order valence-electron chi connectivity index (χ2n) is 5.66. The molecule has 0 unspecified atom stereocenters. The van der Waals surface area contributed by atoms with Gasteiger partial charge >= 0.3 is 0 Å². The molecule has 6 heteroatoms. The van der Waals surface area contributed by atoms with E-state index in [1.807, 2.05) is 0 Å². The average Bonchev–Trinajstić information content (AvgIpc) is 2.27. The van der Waals surface area contributed by atoms with Crippen LogP contribution in [-0.2, 0) is 14.6 Å². The van der Waals surface area contributed by atoms with E-state index >= 15 is 0 Å². The third-order valence-electron chi connectivity index (χ3n) is 3.78. The number of hydrogen-bond donors (Lipinski definition) is 1. The molecule has 0 aromatic rings. The first kappa shape index (κ1) is 15.4. The van der Waals surface area contributed by atoms with Crippen LogP contribution >= 0.6 is 0 Å². The van der Waals surface area contributed by atoms with E-state index in [-0.39, 0.29) is 5.91 Å². The van der Waals surface area contributed by atoms with Crippen LogP contribution in [0.2, 0.25) is 0 Å². The zero-order valence-corrected chi connectivity index (χ0v) is 12.5. The molecule has 1 amide bonds. The average molecular weight is 276 g/mol. The van der Waals surface area contributed by atoms with E-state index < -0.39 is 14.6 Å². The lowest BCUT2D eigenvalue weighted by molar-refractivity contribution is -0.132. The van der Waals surface area contributed by atoms with Gasteiger partial charge in [0, 0.05) is 19.8 Å². The second kappa shape index (κ2) is 5.57. The lowest BCUT2D eigenvalue weighted by Gasteiger charge is -2.32. The van der Waals surface area contributed by atoms with E-state index in [2.05, 4.69) is 5.32 Å². The zero-order chi connectivity index (χ0) is 14.0. The number of amides is 1. The van der Waals surface area contributed by atoms with Crippen molar-refractivity contribution in [1.29, 1.82) is 0 Å². The molecule has 0 atom stereocenters. The van der Waals surface area contributed by atoms with Crippen molar-refractivity contribution in [1.82, 2.24) is 10.2 Å². The summed E-state index contributed by atoms with van der Waals surface area (Å²) in [5.41, 5.74) is 0. The summed E-state index contributed by atoms with van der Waals surface area (Å²) in [4.78, 5) is 13.8. The molecule has 5 nitrogen and oxygen atoms in total. The van der Waals surface area contributed by atoms with Crippen molar-refractivity contribution in [2.24, 2.45) is 5.92 Å². The van der Waals surface area contributed by atoms with Gasteiger partial charge in [-0.1, -0.05) is 0 Å². The first-order valence-electron chi connectivity index (χ1n) is 6.32. The van der Waals surface area contributed by atoms with Crippen LogP contribution in [0.15, 0.2) is 0 Å². The summed E-state index contributed by atoms with van der Waals surface area (Å²) in [7, 11) is -1.70. The first-order chi connectivity index (χ1) is 8.16. The van der Waals surface area contributed by atoms with Crippen LogP contribution < -0.4 is 5.32 Å². The molecule has 1 rings (SSSR count). The number of nitrogens with one attached hydrogen (secondary N) is 1. The Bertz CT molecular complexity index is 398. The van der Waals surface area contributed by atoms with Crippen LogP contribution in [0.4, 0.5) is 0 Å². The van der Waals surface area contributed by atoms with Crippen LogP contribution in [0.3, 0.4) is 0 Å². The highest BCUT2D eigenvalue weighted by molar-refractivity contribution is 7.92. The second-order valence-corrected chi connectivity index (χ2v) is 8.23. The minimum absolute atomic E-state index is 0.316. The highest BCUT2D eigenvalue weighted by atomic mass is 32.2. The molecule has 0 aromatic heterocycles. The van der Waals surface area contributed by atoms with E-state index in [1.165, 1.54) is 13.8 Å². The SMILES string of the molecule is CN(CC1CCNCC1)C(=O)C(C)(C)S(C)(=O)=O. The molecule has 1 heterocycles. The standard InChI is InChI=1S/C12H24N2O3S/c1-12(2,18(4,16)17)11(15)14(3)9-10-5-7-13-8-6-10/h10,13H,5-9H2,1-4H3. The van der Waals surface area contributed by atoms with Gasteiger partial charge < -0.3 is 10.2 Å². The van der Waals surface area contributed by atoms with Gasteiger partial charge in [-0.3, -0.25) is 4.79 Å². The Morgan fingerprint density at radius 3 is 2.28 bits per heavy atom. The van der Waals surface area contributed by atoms with E-state index in [9.17, 15) is 13.2 Å². The molecule has 0 saturated carbocycles. The smallest absolute Gasteiger partial charge is 0.243 e. The Kier molecular flexibility index (Phi) is 4.78. The number of carbonyl (C=O) groups excluding carboxylic acids is 1. The summed E-state index contributed by atoms with van der Waals surface area (Å²) >= 11 is 0. The van der Waals surface area contributed by atoms with Crippen LogP contribution in [0, 0.1) is 5.92 Å². The third-order valence-corrected chi connectivity index (χ3v) is 5.81. The maximum absolute atomic E-state index is 12.2. The molecular formula is C12H24N2O3S. The fourth-order valence-corrected chi connectivity index (χ4v) is 2.63. The molecule has 106 valence electrons. The fraction of sp³-hybridized carbons (Fsp3) is 0.917. The molecule has 1 saturated heterocycles. The van der Waals surface area contributed by atoms with Gasteiger partial charge in [-0.2, -0.15) is 0 Å². The van der Waals surface area contributed by atoms with Crippen LogP contribution in [0.1, 0.15) is 26.7 Å². The Hall–Kier alpha value is -0.620. The maximum atomic E-state index is 12.2. The van der Waals surface area contributed by atoms with Gasteiger partial charge in [0.1, 0.15) is 4.75 Å². The predicted molar refractivity (Wildman–Crippen MR) is 72.2 cm³/mol. The molecule has 18 heavy (non-hydrogen) atoms. The van der Waals surface area contributed by atoms with Gasteiger partial charge in [-0.15, -0.1) is 0 Å². The molecule has 0 bridgehead atoms. The van der Waals surface area contributed by atoms with Crippen LogP contribution in [0.25, 0.3) is 0 Å². The van der Waals surface area contributed by atoms with Gasteiger partial charge in [0.25, 0.3) is 0 Å². The largest absolute Gasteiger partial charge is 0.344 e. The third kappa shape index (κ3) is 3.45. The monoisotopic (exact) mass is 276 g/mol. The molecule has 0 radical (unpaired) electrons. The summed E-state index contributed by atoms with van der Waals surface area (Å²) in [6.07, 6.45) is 3.19. The van der Waals surface area contributed by atoms with Crippen molar-refractivity contribution < 1.29 is 13.2 Å². The molecule has 1 N–H and O–H groups in total. The van der Waals surface area contributed by atoms with Crippen molar-refractivity contribution in [2.45, 2.75) is 31.4 Å². The summed E-state index contributed by atoms with van der Waals surface area (Å²) in [6.45, 7) is 5.54. The van der Waals surface area contributed by atoms with Gasteiger partial charge in [-0.25, -0.2) is 8.42 Å². The van der Waals surface area contributed by atoms with Crippen molar-refractivity contribution in [3.05, 3.63) is 0 Å². The number of rotatable bonds is 4. The summed E-state index contributed by atoms with van der Waals surface area (Å²) < 4.78 is 21.9. The Morgan fingerprint density at radius 1 is 1.33 bits per heavy atom. The van der Waals surface area contributed by atoms with Crippen molar-refractivity contribution in [2.75, 3.05) is 32.9 Å². The van der Waals surface area contributed by atoms with Gasteiger partial charge in [0.15, 0.2) is 9.84 Å². The number of piperidine rings is 1. The first-order valence-corrected chi connectivity index (χ1v) is 8.21. The fourth-order valence-electron chi connectivity index (χ4n) is 2.15. The number of nitrogens with zero attached hydrogens (tertiary/aromatic N) is 1. The van der Waals surface area contributed by atoms with Crippen molar-refractivity contribution in [3.63, 3.8) is 0 Å². The quantitative estimate of drug-likeness (QED) is 0.800. The summed E-state index contributed by atoms with van der Waals surface area (Å²) in [6, 6.07) is 0. The van der Waals surface area contributed by atoms with Crippen LogP contribution in [-0.4, -0.2) is 56.9 Å². The topological polar surface area (TPSA) is 66.5 Å². The minimum Gasteiger partial charge on any atom is -0.344 e. The molecule has 1 fully saturated rings. The highest BCUT2D eigenvalue weighted by Gasteiger charge is 2.40. The molecule has 0 spiro atoms. The summed E-state index contributed by atoms with van der Waals surface area (Å²) in [5.74, 6) is 0.152. The Balaban J connectivity index is 2.66. The van der Waals surface area contributed by atoms with Crippen molar-refractivity contribution >= 4 is 15.7 Å². The maximum Gasteiger partial charge on any atom is 0.243 e. The molecule has 1 aliphatic heterocycles. The molecular weight excluding hydrogens is 252 g/mol. The van der Waals surface area contributed by atoms with E-state index in [0.717, 1.165) is 32.2 Å². The number of sulfone groups is 1. The molecule has 1 aliphatic rings. The van der Waals surface area contributed by atoms with E-state index in [1.54, 1.807) is 11.9 Å². The lowest BCUT2D eigenvalue weighted by Crippen LogP contribution is -2.50.